The Labute approximate surface area is 117 Å². The number of guanidine groups is 1. The summed E-state index contributed by atoms with van der Waals surface area (Å²) >= 11 is 2.06. The Balaban J connectivity index is 2.59. The van der Waals surface area contributed by atoms with Gasteiger partial charge in [0, 0.05) is 36.7 Å². The highest BCUT2D eigenvalue weighted by atomic mass is 32.2. The first-order chi connectivity index (χ1) is 8.44. The molecule has 1 rings (SSSR count). The van der Waals surface area contributed by atoms with Crippen LogP contribution in [0.25, 0.3) is 0 Å². The van der Waals surface area contributed by atoms with Crippen molar-refractivity contribution in [3.8, 4) is 0 Å². The van der Waals surface area contributed by atoms with Crippen LogP contribution in [0.1, 0.15) is 41.0 Å². The molecule has 0 aromatic heterocycles. The zero-order valence-electron chi connectivity index (χ0n) is 12.6. The van der Waals surface area contributed by atoms with Crippen molar-refractivity contribution in [3.05, 3.63) is 0 Å². The fraction of sp³-hybridized carbons (Fsp3) is 0.929. The first kappa shape index (κ1) is 15.7. The second-order valence-corrected chi connectivity index (χ2v) is 7.75. The van der Waals surface area contributed by atoms with Crippen molar-refractivity contribution >= 4 is 17.7 Å². The van der Waals surface area contributed by atoms with Crippen molar-refractivity contribution < 1.29 is 0 Å². The van der Waals surface area contributed by atoms with E-state index in [1.165, 1.54) is 12.2 Å². The average Bonchev–Trinajstić information content (AvgIpc) is 2.26. The maximum absolute atomic E-state index is 4.77. The lowest BCUT2D eigenvalue weighted by Crippen LogP contribution is -2.51. The van der Waals surface area contributed by atoms with Gasteiger partial charge in [-0.1, -0.05) is 13.8 Å². The Morgan fingerprint density at radius 2 is 2.17 bits per heavy atom. The van der Waals surface area contributed by atoms with Gasteiger partial charge in [0.05, 0.1) is 0 Å². The Hall–Kier alpha value is -0.380. The third-order valence-corrected chi connectivity index (χ3v) is 4.33. The van der Waals surface area contributed by atoms with Crippen molar-refractivity contribution in [3.63, 3.8) is 0 Å². The summed E-state index contributed by atoms with van der Waals surface area (Å²) in [6, 6.07) is 0. The van der Waals surface area contributed by atoms with Gasteiger partial charge in [0.1, 0.15) is 0 Å². The summed E-state index contributed by atoms with van der Waals surface area (Å²) in [4.78, 5) is 7.18. The molecule has 106 valence electrons. The zero-order chi connectivity index (χ0) is 13.6. The lowest BCUT2D eigenvalue weighted by atomic mass is 10.1. The van der Waals surface area contributed by atoms with E-state index in [0.29, 0.717) is 4.75 Å². The summed E-state index contributed by atoms with van der Waals surface area (Å²) in [5.74, 6) is 3.03. The van der Waals surface area contributed by atoms with Crippen molar-refractivity contribution in [2.45, 2.75) is 45.8 Å². The molecule has 1 fully saturated rings. The largest absolute Gasteiger partial charge is 0.357 e. The highest BCUT2D eigenvalue weighted by molar-refractivity contribution is 8.00. The summed E-state index contributed by atoms with van der Waals surface area (Å²) in [6.45, 7) is 15.4. The fourth-order valence-corrected chi connectivity index (χ4v) is 3.16. The quantitative estimate of drug-likeness (QED) is 0.629. The molecule has 3 nitrogen and oxygen atoms in total. The van der Waals surface area contributed by atoms with Crippen LogP contribution in [0.2, 0.25) is 0 Å². The summed E-state index contributed by atoms with van der Waals surface area (Å²) in [5.41, 5.74) is 0. The Bertz CT molecular complexity index is 274. The molecule has 1 saturated heterocycles. The van der Waals surface area contributed by atoms with E-state index < -0.39 is 0 Å². The molecule has 0 aromatic rings. The van der Waals surface area contributed by atoms with Crippen molar-refractivity contribution in [2.24, 2.45) is 10.9 Å². The van der Waals surface area contributed by atoms with Crippen molar-refractivity contribution in [1.82, 2.24) is 10.2 Å². The lowest BCUT2D eigenvalue weighted by Gasteiger charge is -2.39. The van der Waals surface area contributed by atoms with Crippen LogP contribution in [-0.4, -0.2) is 47.5 Å². The predicted molar refractivity (Wildman–Crippen MR) is 83.5 cm³/mol. The Morgan fingerprint density at radius 3 is 2.72 bits per heavy atom. The number of aliphatic imine (C=N–C) groups is 1. The third kappa shape index (κ3) is 5.51. The van der Waals surface area contributed by atoms with Crippen LogP contribution < -0.4 is 5.32 Å². The van der Waals surface area contributed by atoms with E-state index in [4.69, 9.17) is 4.99 Å². The second kappa shape index (κ2) is 7.27. The normalized spacial score (nSPS) is 20.3. The molecule has 0 atom stereocenters. The van der Waals surface area contributed by atoms with Crippen LogP contribution in [0.4, 0.5) is 0 Å². The van der Waals surface area contributed by atoms with Gasteiger partial charge in [0.2, 0.25) is 0 Å². The van der Waals surface area contributed by atoms with Gasteiger partial charge in [-0.15, -0.1) is 0 Å². The number of rotatable bonds is 4. The van der Waals surface area contributed by atoms with E-state index in [0.717, 1.165) is 38.1 Å². The highest BCUT2D eigenvalue weighted by Crippen LogP contribution is 2.29. The summed E-state index contributed by atoms with van der Waals surface area (Å²) in [7, 11) is 0. The molecule has 0 bridgehead atoms. The van der Waals surface area contributed by atoms with E-state index >= 15 is 0 Å². The van der Waals surface area contributed by atoms with E-state index in [1.54, 1.807) is 0 Å². The molecule has 1 aliphatic rings. The van der Waals surface area contributed by atoms with Crippen molar-refractivity contribution in [2.75, 3.05) is 31.9 Å². The van der Waals surface area contributed by atoms with Crippen LogP contribution in [0.15, 0.2) is 4.99 Å². The first-order valence-corrected chi connectivity index (χ1v) is 8.10. The van der Waals surface area contributed by atoms with Gasteiger partial charge in [-0.2, -0.15) is 11.8 Å². The van der Waals surface area contributed by atoms with Gasteiger partial charge >= 0.3 is 0 Å². The summed E-state index contributed by atoms with van der Waals surface area (Å²) < 4.78 is 0.340. The molecule has 0 radical (unpaired) electrons. The lowest BCUT2D eigenvalue weighted by molar-refractivity contribution is 0.375. The first-order valence-electron chi connectivity index (χ1n) is 7.12. The minimum absolute atomic E-state index is 0.340. The van der Waals surface area contributed by atoms with Crippen molar-refractivity contribution in [1.29, 1.82) is 0 Å². The molecule has 1 heterocycles. The maximum Gasteiger partial charge on any atom is 0.193 e. The Morgan fingerprint density at radius 1 is 1.44 bits per heavy atom. The second-order valence-electron chi connectivity index (χ2n) is 5.95. The fourth-order valence-electron chi connectivity index (χ4n) is 2.05. The molecule has 0 aliphatic carbocycles. The summed E-state index contributed by atoms with van der Waals surface area (Å²) in [6.07, 6.45) is 1.17. The topological polar surface area (TPSA) is 27.6 Å². The molecule has 18 heavy (non-hydrogen) atoms. The number of nitrogens with zero attached hydrogens (tertiary/aromatic N) is 2. The molecule has 1 aliphatic heterocycles. The van der Waals surface area contributed by atoms with Crippen LogP contribution in [0, 0.1) is 5.92 Å². The molecule has 0 saturated carbocycles. The minimum atomic E-state index is 0.340. The molecular formula is C14H29N3S. The smallest absolute Gasteiger partial charge is 0.193 e. The zero-order valence-corrected chi connectivity index (χ0v) is 13.4. The molecule has 0 aromatic carbocycles. The molecular weight excluding hydrogens is 242 g/mol. The maximum atomic E-state index is 4.77. The molecule has 0 unspecified atom stereocenters. The van der Waals surface area contributed by atoms with Crippen LogP contribution >= 0.6 is 11.8 Å². The van der Waals surface area contributed by atoms with Gasteiger partial charge in [0.15, 0.2) is 5.96 Å². The van der Waals surface area contributed by atoms with Gasteiger partial charge in [-0.3, -0.25) is 4.99 Å². The predicted octanol–water partition coefficient (Wildman–Crippen LogP) is 2.83. The number of thioether (sulfide) groups is 1. The summed E-state index contributed by atoms with van der Waals surface area (Å²) in [5, 5.41) is 3.43. The van der Waals surface area contributed by atoms with Gasteiger partial charge in [-0.25, -0.2) is 0 Å². The van der Waals surface area contributed by atoms with Crippen LogP contribution in [-0.2, 0) is 0 Å². The van der Waals surface area contributed by atoms with E-state index in [9.17, 15) is 0 Å². The molecule has 0 spiro atoms. The SMILES string of the molecule is CCNC(=NCCC(C)C)N1CCSC(C)(C)C1. The van der Waals surface area contributed by atoms with Crippen LogP contribution in [0.3, 0.4) is 0 Å². The standard InChI is InChI=1S/C14H29N3S/c1-6-15-13(16-8-7-12(2)3)17-9-10-18-14(4,5)11-17/h12H,6-11H2,1-5H3,(H,15,16). The highest BCUT2D eigenvalue weighted by Gasteiger charge is 2.28. The van der Waals surface area contributed by atoms with E-state index in [2.05, 4.69) is 56.6 Å². The third-order valence-electron chi connectivity index (χ3n) is 3.03. The van der Waals surface area contributed by atoms with Gasteiger partial charge < -0.3 is 10.2 Å². The average molecular weight is 271 g/mol. The molecule has 4 heteroatoms. The van der Waals surface area contributed by atoms with Gasteiger partial charge in [-0.05, 0) is 33.1 Å². The minimum Gasteiger partial charge on any atom is -0.357 e. The molecule has 0 amide bonds. The number of hydrogen-bond acceptors (Lipinski definition) is 2. The number of hydrogen-bond donors (Lipinski definition) is 1. The monoisotopic (exact) mass is 271 g/mol. The van der Waals surface area contributed by atoms with E-state index in [-0.39, 0.29) is 0 Å². The van der Waals surface area contributed by atoms with E-state index in [1.807, 2.05) is 0 Å². The molecule has 1 N–H and O–H groups in total. The van der Waals surface area contributed by atoms with Gasteiger partial charge in [0.25, 0.3) is 0 Å². The number of nitrogens with one attached hydrogen (secondary N) is 1. The Kier molecular flexibility index (Phi) is 6.33. The van der Waals surface area contributed by atoms with Crippen LogP contribution in [0.5, 0.6) is 0 Å².